The summed E-state index contributed by atoms with van der Waals surface area (Å²) >= 11 is 6.54. The molecule has 13 heteroatoms. The fourth-order valence-electron chi connectivity index (χ4n) is 4.28. The van der Waals surface area contributed by atoms with Gasteiger partial charge in [-0.3, -0.25) is 28.5 Å². The number of thioether (sulfide) groups is 1. The maximum Gasteiger partial charge on any atom is 0.308 e. The molecule has 0 aromatic carbocycles. The molecule has 2 aliphatic rings. The lowest BCUT2D eigenvalue weighted by molar-refractivity contribution is -0.145. The summed E-state index contributed by atoms with van der Waals surface area (Å²) in [7, 11) is 0. The lowest BCUT2D eigenvalue weighted by atomic mass is 10.1. The van der Waals surface area contributed by atoms with Crippen molar-refractivity contribution < 1.29 is 23.9 Å². The van der Waals surface area contributed by atoms with Gasteiger partial charge in [-0.15, -0.1) is 0 Å². The second-order valence-electron chi connectivity index (χ2n) is 8.48. The highest BCUT2D eigenvalue weighted by Gasteiger charge is 2.36. The summed E-state index contributed by atoms with van der Waals surface area (Å²) in [5, 5.41) is 2.76. The number of esters is 1. The van der Waals surface area contributed by atoms with Crippen molar-refractivity contribution in [3.05, 3.63) is 45.2 Å². The van der Waals surface area contributed by atoms with Crippen molar-refractivity contribution in [1.82, 2.24) is 19.6 Å². The molecule has 2 aliphatic heterocycles. The van der Waals surface area contributed by atoms with E-state index in [1.165, 1.54) is 15.4 Å². The SMILES string of the molecule is CCOCCCN1C(=O)/C(=C\c2c(N3CCNC(=O)[C@@H]3CC(=O)OCC)nc3ccccn3c2=O)SC1=S. The van der Waals surface area contributed by atoms with Crippen molar-refractivity contribution in [1.29, 1.82) is 0 Å². The maximum atomic E-state index is 13.7. The van der Waals surface area contributed by atoms with Gasteiger partial charge in [-0.25, -0.2) is 4.98 Å². The maximum absolute atomic E-state index is 13.7. The van der Waals surface area contributed by atoms with Gasteiger partial charge < -0.3 is 19.7 Å². The van der Waals surface area contributed by atoms with Gasteiger partial charge in [0.25, 0.3) is 11.5 Å². The van der Waals surface area contributed by atoms with Crippen LogP contribution >= 0.6 is 24.0 Å². The number of carbonyl (C=O) groups is 3. The number of ether oxygens (including phenoxy) is 2. The van der Waals surface area contributed by atoms with Crippen LogP contribution in [0.5, 0.6) is 0 Å². The molecule has 0 spiro atoms. The number of pyridine rings is 1. The van der Waals surface area contributed by atoms with Crippen molar-refractivity contribution in [2.75, 3.05) is 44.4 Å². The van der Waals surface area contributed by atoms with Gasteiger partial charge in [0.2, 0.25) is 5.91 Å². The third-order valence-electron chi connectivity index (χ3n) is 6.04. The van der Waals surface area contributed by atoms with Crippen LogP contribution in [0, 0.1) is 0 Å². The Balaban J connectivity index is 1.76. The van der Waals surface area contributed by atoms with E-state index in [0.29, 0.717) is 49.2 Å². The fourth-order valence-corrected chi connectivity index (χ4v) is 5.57. The molecule has 1 N–H and O–H groups in total. The second kappa shape index (κ2) is 12.5. The zero-order valence-electron chi connectivity index (χ0n) is 21.2. The smallest absolute Gasteiger partial charge is 0.308 e. The van der Waals surface area contributed by atoms with Crippen molar-refractivity contribution in [3.8, 4) is 0 Å². The fraction of sp³-hybridized carbons (Fsp3) is 0.440. The average Bonchev–Trinajstić information content (AvgIpc) is 3.16. The second-order valence-corrected chi connectivity index (χ2v) is 10.2. The average molecular weight is 560 g/mol. The molecule has 11 nitrogen and oxygen atoms in total. The summed E-state index contributed by atoms with van der Waals surface area (Å²) in [5.41, 5.74) is 0.0918. The van der Waals surface area contributed by atoms with Crippen LogP contribution in [0.15, 0.2) is 34.1 Å². The van der Waals surface area contributed by atoms with Gasteiger partial charge in [-0.05, 0) is 38.5 Å². The minimum Gasteiger partial charge on any atom is -0.466 e. The molecule has 4 heterocycles. The summed E-state index contributed by atoms with van der Waals surface area (Å²) in [4.78, 5) is 60.2. The highest BCUT2D eigenvalue weighted by atomic mass is 32.2. The molecule has 0 radical (unpaired) electrons. The first-order chi connectivity index (χ1) is 18.3. The number of thiocarbonyl (C=S) groups is 1. The molecule has 2 saturated heterocycles. The van der Waals surface area contributed by atoms with Gasteiger partial charge in [-0.1, -0.05) is 30.0 Å². The predicted molar refractivity (Wildman–Crippen MR) is 148 cm³/mol. The predicted octanol–water partition coefficient (Wildman–Crippen LogP) is 1.58. The molecule has 4 rings (SSSR count). The largest absolute Gasteiger partial charge is 0.466 e. The summed E-state index contributed by atoms with van der Waals surface area (Å²) in [6.45, 7) is 5.88. The number of amides is 2. The van der Waals surface area contributed by atoms with Crippen molar-refractivity contribution in [2.45, 2.75) is 32.7 Å². The van der Waals surface area contributed by atoms with E-state index in [2.05, 4.69) is 5.32 Å². The van der Waals surface area contributed by atoms with Gasteiger partial charge in [0, 0.05) is 39.0 Å². The number of nitrogens with one attached hydrogen (secondary N) is 1. The van der Waals surface area contributed by atoms with Gasteiger partial charge in [0.1, 0.15) is 21.8 Å². The molecule has 0 bridgehead atoms. The Labute approximate surface area is 229 Å². The molecule has 2 aromatic rings. The Hall–Kier alpha value is -3.29. The van der Waals surface area contributed by atoms with E-state index in [9.17, 15) is 19.2 Å². The number of hydrogen-bond donors (Lipinski definition) is 1. The summed E-state index contributed by atoms with van der Waals surface area (Å²) < 4.78 is 12.2. The number of nitrogens with zero attached hydrogens (tertiary/aromatic N) is 4. The Morgan fingerprint density at radius 3 is 2.84 bits per heavy atom. The van der Waals surface area contributed by atoms with Crippen LogP contribution in [-0.4, -0.2) is 81.9 Å². The normalized spacial score (nSPS) is 18.9. The minimum atomic E-state index is -0.930. The molecular weight excluding hydrogens is 530 g/mol. The Morgan fingerprint density at radius 2 is 2.08 bits per heavy atom. The zero-order chi connectivity index (χ0) is 27.2. The van der Waals surface area contributed by atoms with E-state index < -0.39 is 17.6 Å². The molecule has 38 heavy (non-hydrogen) atoms. The van der Waals surface area contributed by atoms with Crippen LogP contribution in [0.2, 0.25) is 0 Å². The Kier molecular flexibility index (Phi) is 9.13. The number of fused-ring (bicyclic) bond motifs is 1. The lowest BCUT2D eigenvalue weighted by Gasteiger charge is -2.36. The standard InChI is InChI=1S/C25H29N5O6S2/c1-3-35-13-7-11-30-24(34)18(38-25(30)37)14-16-21(27-19-8-5-6-10-29(19)23(16)33)28-12-9-26-22(32)17(28)15-20(31)36-4-2/h5-6,8,10,14,17H,3-4,7,9,11-13,15H2,1-2H3,(H,26,32)/b18-14+/t17-/m0/s1. The molecule has 2 fully saturated rings. The van der Waals surface area contributed by atoms with Crippen LogP contribution < -0.4 is 15.8 Å². The highest BCUT2D eigenvalue weighted by molar-refractivity contribution is 8.26. The molecule has 0 unspecified atom stereocenters. The van der Waals surface area contributed by atoms with Crippen molar-refractivity contribution in [3.63, 3.8) is 0 Å². The molecule has 0 saturated carbocycles. The van der Waals surface area contributed by atoms with E-state index in [0.717, 1.165) is 11.8 Å². The van der Waals surface area contributed by atoms with E-state index in [1.807, 2.05) is 6.92 Å². The number of carbonyl (C=O) groups excluding carboxylic acids is 3. The van der Waals surface area contributed by atoms with Gasteiger partial charge in [0.05, 0.1) is 23.5 Å². The van der Waals surface area contributed by atoms with Gasteiger partial charge in [-0.2, -0.15) is 0 Å². The van der Waals surface area contributed by atoms with Crippen LogP contribution in [0.4, 0.5) is 5.82 Å². The third kappa shape index (κ3) is 5.89. The summed E-state index contributed by atoms with van der Waals surface area (Å²) in [6.07, 6.45) is 3.48. The van der Waals surface area contributed by atoms with Crippen molar-refractivity contribution in [2.24, 2.45) is 0 Å². The monoisotopic (exact) mass is 559 g/mol. The Bertz CT molecular complexity index is 1340. The lowest BCUT2D eigenvalue weighted by Crippen LogP contribution is -2.57. The van der Waals surface area contributed by atoms with E-state index >= 15 is 0 Å². The topological polar surface area (TPSA) is 123 Å². The first kappa shape index (κ1) is 27.7. The zero-order valence-corrected chi connectivity index (χ0v) is 22.8. The summed E-state index contributed by atoms with van der Waals surface area (Å²) in [5.74, 6) is -0.996. The number of anilines is 1. The number of hydrogen-bond acceptors (Lipinski definition) is 10. The van der Waals surface area contributed by atoms with Crippen molar-refractivity contribution >= 4 is 63.6 Å². The van der Waals surface area contributed by atoms with Crippen LogP contribution in [-0.2, 0) is 23.9 Å². The van der Waals surface area contributed by atoms with Gasteiger partial charge in [0.15, 0.2) is 0 Å². The first-order valence-electron chi connectivity index (χ1n) is 12.4. The molecule has 1 atom stereocenters. The number of rotatable bonds is 10. The highest BCUT2D eigenvalue weighted by Crippen LogP contribution is 2.34. The number of aromatic nitrogens is 2. The molecule has 0 aliphatic carbocycles. The quantitative estimate of drug-likeness (QED) is 0.199. The first-order valence-corrected chi connectivity index (χ1v) is 13.6. The third-order valence-corrected chi connectivity index (χ3v) is 7.42. The minimum absolute atomic E-state index is 0.132. The van der Waals surface area contributed by atoms with E-state index in [4.69, 9.17) is 26.7 Å². The van der Waals surface area contributed by atoms with Crippen LogP contribution in [0.3, 0.4) is 0 Å². The molecule has 202 valence electrons. The molecule has 2 aromatic heterocycles. The Morgan fingerprint density at radius 1 is 1.26 bits per heavy atom. The van der Waals surface area contributed by atoms with E-state index in [1.54, 1.807) is 36.2 Å². The van der Waals surface area contributed by atoms with Crippen LogP contribution in [0.25, 0.3) is 11.7 Å². The number of piperazine rings is 1. The van der Waals surface area contributed by atoms with Gasteiger partial charge >= 0.3 is 5.97 Å². The van der Waals surface area contributed by atoms with E-state index in [-0.39, 0.29) is 41.1 Å². The molecule has 2 amide bonds. The summed E-state index contributed by atoms with van der Waals surface area (Å²) in [6, 6.07) is 4.20. The molecular formula is C25H29N5O6S2. The van der Waals surface area contributed by atoms with Crippen LogP contribution in [0.1, 0.15) is 32.3 Å².